The molecule has 1 aliphatic heterocycles. The number of rotatable bonds is 3. The van der Waals surface area contributed by atoms with Gasteiger partial charge in [0.2, 0.25) is 0 Å². The number of aliphatic imine (C=N–C) groups is 1. The Hall–Kier alpha value is -1.10. The zero-order valence-corrected chi connectivity index (χ0v) is 13.0. The molecule has 1 aliphatic rings. The topological polar surface area (TPSA) is 40.5 Å². The van der Waals surface area contributed by atoms with Gasteiger partial charge >= 0.3 is 0 Å². The molecule has 0 aromatic carbocycles. The van der Waals surface area contributed by atoms with Crippen molar-refractivity contribution < 1.29 is 0 Å². The van der Waals surface area contributed by atoms with Crippen molar-refractivity contribution in [1.29, 1.82) is 0 Å². The molecule has 0 radical (unpaired) electrons. The average Bonchev–Trinajstić information content (AvgIpc) is 2.89. The number of guanidine groups is 1. The third kappa shape index (κ3) is 3.93. The second-order valence-corrected chi connectivity index (χ2v) is 6.10. The van der Waals surface area contributed by atoms with Gasteiger partial charge in [-0.2, -0.15) is 0 Å². The van der Waals surface area contributed by atoms with E-state index < -0.39 is 0 Å². The molecule has 1 fully saturated rings. The molecule has 0 saturated carbocycles. The van der Waals surface area contributed by atoms with Crippen molar-refractivity contribution in [2.75, 3.05) is 20.1 Å². The van der Waals surface area contributed by atoms with Gasteiger partial charge in [-0.25, -0.2) is 4.98 Å². The van der Waals surface area contributed by atoms with Crippen LogP contribution in [0.15, 0.2) is 10.4 Å². The second kappa shape index (κ2) is 6.89. The predicted molar refractivity (Wildman–Crippen MR) is 81.7 cm³/mol. The smallest absolute Gasteiger partial charge is 0.193 e. The molecule has 4 nitrogen and oxygen atoms in total. The van der Waals surface area contributed by atoms with Crippen LogP contribution in [-0.4, -0.2) is 36.0 Å². The lowest BCUT2D eigenvalue weighted by molar-refractivity contribution is 0.273. The summed E-state index contributed by atoms with van der Waals surface area (Å²) in [4.78, 5) is 11.3. The van der Waals surface area contributed by atoms with Crippen LogP contribution < -0.4 is 5.32 Å². The summed E-state index contributed by atoms with van der Waals surface area (Å²) >= 11 is 1.74. The Balaban J connectivity index is 1.86. The first-order valence-electron chi connectivity index (χ1n) is 7.11. The Labute approximate surface area is 120 Å². The number of aromatic nitrogens is 1. The number of piperidine rings is 1. The molecule has 0 spiro atoms. The quantitative estimate of drug-likeness (QED) is 0.683. The summed E-state index contributed by atoms with van der Waals surface area (Å²) in [7, 11) is 1.86. The van der Waals surface area contributed by atoms with Gasteiger partial charge in [-0.1, -0.05) is 13.8 Å². The Morgan fingerprint density at radius 3 is 2.84 bits per heavy atom. The minimum Gasteiger partial charge on any atom is -0.351 e. The van der Waals surface area contributed by atoms with Crippen LogP contribution >= 0.6 is 11.3 Å². The second-order valence-electron chi connectivity index (χ2n) is 5.16. The van der Waals surface area contributed by atoms with Gasteiger partial charge in [0.05, 0.1) is 17.2 Å². The highest BCUT2D eigenvalue weighted by Crippen LogP contribution is 2.16. The molecule has 19 heavy (non-hydrogen) atoms. The molecule has 0 aliphatic carbocycles. The van der Waals surface area contributed by atoms with Crippen molar-refractivity contribution in [1.82, 2.24) is 15.2 Å². The van der Waals surface area contributed by atoms with Crippen molar-refractivity contribution in [3.8, 4) is 0 Å². The highest BCUT2D eigenvalue weighted by atomic mass is 32.1. The van der Waals surface area contributed by atoms with E-state index in [0.29, 0.717) is 0 Å². The summed E-state index contributed by atoms with van der Waals surface area (Å²) in [6.45, 7) is 7.46. The largest absolute Gasteiger partial charge is 0.351 e. The van der Waals surface area contributed by atoms with E-state index in [1.807, 2.05) is 7.05 Å². The van der Waals surface area contributed by atoms with E-state index >= 15 is 0 Å². The van der Waals surface area contributed by atoms with Gasteiger partial charge in [0.15, 0.2) is 5.96 Å². The number of hydrogen-bond donors (Lipinski definition) is 1. The summed E-state index contributed by atoms with van der Waals surface area (Å²) in [5, 5.41) is 6.77. The fraction of sp³-hybridized carbons (Fsp3) is 0.714. The summed E-state index contributed by atoms with van der Waals surface area (Å²) in [6, 6.07) is 0. The van der Waals surface area contributed by atoms with Crippen molar-refractivity contribution in [3.63, 3.8) is 0 Å². The van der Waals surface area contributed by atoms with E-state index in [1.54, 1.807) is 11.3 Å². The molecule has 0 bridgehead atoms. The lowest BCUT2D eigenvalue weighted by Crippen LogP contribution is -2.45. The summed E-state index contributed by atoms with van der Waals surface area (Å²) in [5.41, 5.74) is 1.12. The van der Waals surface area contributed by atoms with Crippen LogP contribution in [0, 0.1) is 5.92 Å². The van der Waals surface area contributed by atoms with Gasteiger partial charge in [-0.3, -0.25) is 4.99 Å². The average molecular weight is 280 g/mol. The molecular formula is C14H24N4S. The predicted octanol–water partition coefficient (Wildman–Crippen LogP) is 2.51. The SMILES string of the molecule is CCc1nc(CNC(=NC)N2CCC(C)CC2)cs1. The lowest BCUT2D eigenvalue weighted by Gasteiger charge is -2.32. The van der Waals surface area contributed by atoms with Gasteiger partial charge in [-0.15, -0.1) is 11.3 Å². The Kier molecular flexibility index (Phi) is 5.19. The van der Waals surface area contributed by atoms with Crippen LogP contribution in [0.2, 0.25) is 0 Å². The van der Waals surface area contributed by atoms with E-state index in [0.717, 1.165) is 43.6 Å². The standard InChI is InChI=1S/C14H24N4S/c1-4-13-17-12(10-19-13)9-16-14(15-3)18-7-5-11(2)6-8-18/h10-11H,4-9H2,1-3H3,(H,15,16). The van der Waals surface area contributed by atoms with Gasteiger partial charge in [0, 0.05) is 25.5 Å². The number of aryl methyl sites for hydroxylation is 1. The van der Waals surface area contributed by atoms with Crippen molar-refractivity contribution >= 4 is 17.3 Å². The van der Waals surface area contributed by atoms with Gasteiger partial charge in [0.25, 0.3) is 0 Å². The van der Waals surface area contributed by atoms with E-state index in [-0.39, 0.29) is 0 Å². The minimum absolute atomic E-state index is 0.773. The number of thiazole rings is 1. The molecule has 106 valence electrons. The maximum atomic E-state index is 4.57. The molecule has 2 heterocycles. The van der Waals surface area contributed by atoms with Crippen LogP contribution in [0.3, 0.4) is 0 Å². The monoisotopic (exact) mass is 280 g/mol. The van der Waals surface area contributed by atoms with Crippen LogP contribution in [0.5, 0.6) is 0 Å². The fourth-order valence-corrected chi connectivity index (χ4v) is 3.06. The van der Waals surface area contributed by atoms with Crippen LogP contribution in [-0.2, 0) is 13.0 Å². The summed E-state index contributed by atoms with van der Waals surface area (Å²) in [5.74, 6) is 1.86. The zero-order valence-electron chi connectivity index (χ0n) is 12.1. The maximum Gasteiger partial charge on any atom is 0.193 e. The molecular weight excluding hydrogens is 256 g/mol. The lowest BCUT2D eigenvalue weighted by atomic mass is 10.00. The highest BCUT2D eigenvalue weighted by molar-refractivity contribution is 7.09. The van der Waals surface area contributed by atoms with Gasteiger partial charge < -0.3 is 10.2 Å². The van der Waals surface area contributed by atoms with Crippen LogP contribution in [0.25, 0.3) is 0 Å². The van der Waals surface area contributed by atoms with E-state index in [2.05, 4.69) is 39.4 Å². The minimum atomic E-state index is 0.773. The zero-order chi connectivity index (χ0) is 13.7. The molecule has 0 atom stereocenters. The molecule has 5 heteroatoms. The summed E-state index contributed by atoms with van der Waals surface area (Å²) < 4.78 is 0. The first kappa shape index (κ1) is 14.3. The van der Waals surface area contributed by atoms with Crippen LogP contribution in [0.1, 0.15) is 37.4 Å². The molecule has 1 N–H and O–H groups in total. The molecule has 2 rings (SSSR count). The van der Waals surface area contributed by atoms with Crippen LogP contribution in [0.4, 0.5) is 0 Å². The van der Waals surface area contributed by atoms with Gasteiger partial charge in [-0.05, 0) is 25.2 Å². The first-order chi connectivity index (χ1) is 9.22. The van der Waals surface area contributed by atoms with Crippen molar-refractivity contribution in [2.45, 2.75) is 39.7 Å². The maximum absolute atomic E-state index is 4.57. The van der Waals surface area contributed by atoms with E-state index in [1.165, 1.54) is 17.8 Å². The van der Waals surface area contributed by atoms with E-state index in [9.17, 15) is 0 Å². The highest BCUT2D eigenvalue weighted by Gasteiger charge is 2.18. The number of likely N-dealkylation sites (tertiary alicyclic amines) is 1. The fourth-order valence-electron chi connectivity index (χ4n) is 2.31. The molecule has 0 amide bonds. The Morgan fingerprint density at radius 2 is 2.26 bits per heavy atom. The van der Waals surface area contributed by atoms with E-state index in [4.69, 9.17) is 0 Å². The van der Waals surface area contributed by atoms with Gasteiger partial charge in [0.1, 0.15) is 0 Å². The third-order valence-electron chi connectivity index (χ3n) is 3.62. The van der Waals surface area contributed by atoms with Crippen molar-refractivity contribution in [2.24, 2.45) is 10.9 Å². The number of nitrogens with zero attached hydrogens (tertiary/aromatic N) is 3. The molecule has 1 aromatic heterocycles. The normalized spacial score (nSPS) is 17.8. The number of hydrogen-bond acceptors (Lipinski definition) is 3. The Morgan fingerprint density at radius 1 is 1.53 bits per heavy atom. The first-order valence-corrected chi connectivity index (χ1v) is 7.99. The third-order valence-corrected chi connectivity index (χ3v) is 4.67. The molecule has 1 aromatic rings. The van der Waals surface area contributed by atoms with Crippen molar-refractivity contribution in [3.05, 3.63) is 16.1 Å². The number of nitrogens with one attached hydrogen (secondary N) is 1. The Bertz CT molecular complexity index is 419. The molecule has 1 saturated heterocycles. The summed E-state index contributed by atoms with van der Waals surface area (Å²) in [6.07, 6.45) is 3.54. The molecule has 0 unspecified atom stereocenters.